The van der Waals surface area contributed by atoms with Gasteiger partial charge in [0.05, 0.1) is 25.7 Å². The van der Waals surface area contributed by atoms with Gasteiger partial charge in [-0.3, -0.25) is 4.79 Å². The van der Waals surface area contributed by atoms with E-state index in [1.165, 1.54) is 7.11 Å². The van der Waals surface area contributed by atoms with Crippen LogP contribution in [0.4, 0.5) is 0 Å². The molecule has 4 nitrogen and oxygen atoms in total. The molecule has 0 spiro atoms. The fourth-order valence-corrected chi connectivity index (χ4v) is 2.00. The Morgan fingerprint density at radius 2 is 1.95 bits per heavy atom. The van der Waals surface area contributed by atoms with E-state index in [1.54, 1.807) is 25.3 Å². The number of benzene rings is 1. The average Bonchev–Trinajstić information content (AvgIpc) is 2.39. The van der Waals surface area contributed by atoms with Crippen LogP contribution in [-0.2, 0) is 4.79 Å². The second kappa shape index (κ2) is 7.04. The number of ether oxygens (including phenoxy) is 2. The highest BCUT2D eigenvalue weighted by Crippen LogP contribution is 2.37. The fourth-order valence-electron chi connectivity index (χ4n) is 1.77. The van der Waals surface area contributed by atoms with Crippen LogP contribution in [0.5, 0.6) is 11.5 Å². The highest BCUT2D eigenvalue weighted by Gasteiger charge is 2.13. The van der Waals surface area contributed by atoms with Gasteiger partial charge in [0.1, 0.15) is 11.5 Å². The van der Waals surface area contributed by atoms with Crippen molar-refractivity contribution in [2.24, 2.45) is 0 Å². The molecule has 0 saturated carbocycles. The standard InChI is InChI=1S/C14H17ClO4/c1-4-9(5-6-14(16)17)10-7-13(19-3)11(15)8-12(10)18-2/h5,7-8H,4,6H2,1-3H3,(H,16,17)/b9-5+. The van der Waals surface area contributed by atoms with E-state index in [0.717, 1.165) is 11.1 Å². The average molecular weight is 285 g/mol. The zero-order valence-corrected chi connectivity index (χ0v) is 12.0. The Hall–Kier alpha value is -1.68. The van der Waals surface area contributed by atoms with Gasteiger partial charge in [-0.05, 0) is 18.1 Å². The van der Waals surface area contributed by atoms with E-state index in [4.69, 9.17) is 26.2 Å². The monoisotopic (exact) mass is 284 g/mol. The van der Waals surface area contributed by atoms with E-state index >= 15 is 0 Å². The third-order valence-electron chi connectivity index (χ3n) is 2.72. The lowest BCUT2D eigenvalue weighted by molar-refractivity contribution is -0.135. The summed E-state index contributed by atoms with van der Waals surface area (Å²) in [4.78, 5) is 10.7. The van der Waals surface area contributed by atoms with Gasteiger partial charge < -0.3 is 14.6 Å². The van der Waals surface area contributed by atoms with E-state index in [2.05, 4.69) is 0 Å². The first-order chi connectivity index (χ1) is 9.03. The maximum absolute atomic E-state index is 10.7. The lowest BCUT2D eigenvalue weighted by atomic mass is 10.0. The van der Waals surface area contributed by atoms with Crippen LogP contribution < -0.4 is 9.47 Å². The van der Waals surface area contributed by atoms with Gasteiger partial charge in [0.15, 0.2) is 0 Å². The molecule has 0 saturated heterocycles. The summed E-state index contributed by atoms with van der Waals surface area (Å²) in [6, 6.07) is 3.43. The molecule has 1 aromatic carbocycles. The molecule has 0 amide bonds. The Bertz CT molecular complexity index is 494. The molecule has 0 heterocycles. The van der Waals surface area contributed by atoms with Crippen LogP contribution in [0, 0.1) is 0 Å². The molecule has 0 aromatic heterocycles. The molecule has 0 aliphatic carbocycles. The second-order valence-electron chi connectivity index (χ2n) is 3.87. The Kier molecular flexibility index (Phi) is 5.70. The lowest BCUT2D eigenvalue weighted by Crippen LogP contribution is -1.96. The number of aliphatic carboxylic acids is 1. The number of carboxylic acid groups (broad SMARTS) is 1. The van der Waals surface area contributed by atoms with E-state index < -0.39 is 5.97 Å². The van der Waals surface area contributed by atoms with Gasteiger partial charge in [0.2, 0.25) is 0 Å². The maximum Gasteiger partial charge on any atom is 0.307 e. The number of hydrogen-bond donors (Lipinski definition) is 1. The van der Waals surface area contributed by atoms with Crippen molar-refractivity contribution in [1.29, 1.82) is 0 Å². The van der Waals surface area contributed by atoms with Crippen molar-refractivity contribution in [3.63, 3.8) is 0 Å². The summed E-state index contributed by atoms with van der Waals surface area (Å²) in [6.07, 6.45) is 2.33. The molecular formula is C14H17ClO4. The van der Waals surface area contributed by atoms with Crippen molar-refractivity contribution in [2.45, 2.75) is 19.8 Å². The summed E-state index contributed by atoms with van der Waals surface area (Å²) in [5.41, 5.74) is 1.68. The molecule has 1 aromatic rings. The van der Waals surface area contributed by atoms with Crippen LogP contribution in [0.25, 0.3) is 5.57 Å². The highest BCUT2D eigenvalue weighted by molar-refractivity contribution is 6.32. The number of halogens is 1. The maximum atomic E-state index is 10.7. The molecule has 0 unspecified atom stereocenters. The van der Waals surface area contributed by atoms with E-state index in [9.17, 15) is 4.79 Å². The molecule has 0 aliphatic heterocycles. The third-order valence-corrected chi connectivity index (χ3v) is 3.02. The summed E-state index contributed by atoms with van der Waals surface area (Å²) < 4.78 is 10.5. The summed E-state index contributed by atoms with van der Waals surface area (Å²) in [6.45, 7) is 1.95. The molecule has 104 valence electrons. The van der Waals surface area contributed by atoms with E-state index in [-0.39, 0.29) is 6.42 Å². The van der Waals surface area contributed by atoms with Crippen molar-refractivity contribution in [1.82, 2.24) is 0 Å². The minimum absolute atomic E-state index is 0.0305. The van der Waals surface area contributed by atoms with Gasteiger partial charge in [0, 0.05) is 11.6 Å². The first kappa shape index (κ1) is 15.4. The van der Waals surface area contributed by atoms with Gasteiger partial charge in [-0.2, -0.15) is 0 Å². The van der Waals surface area contributed by atoms with Crippen LogP contribution in [0.2, 0.25) is 5.02 Å². The smallest absolute Gasteiger partial charge is 0.307 e. The van der Waals surface area contributed by atoms with Crippen molar-refractivity contribution in [3.05, 3.63) is 28.8 Å². The molecule has 5 heteroatoms. The van der Waals surface area contributed by atoms with Crippen LogP contribution in [0.3, 0.4) is 0 Å². The first-order valence-electron chi connectivity index (χ1n) is 5.86. The summed E-state index contributed by atoms with van der Waals surface area (Å²) in [5, 5.41) is 9.21. The molecule has 0 aliphatic rings. The summed E-state index contributed by atoms with van der Waals surface area (Å²) in [5.74, 6) is 0.266. The predicted octanol–water partition coefficient (Wildman–Crippen LogP) is 3.63. The molecule has 0 atom stereocenters. The number of hydrogen-bond acceptors (Lipinski definition) is 3. The van der Waals surface area contributed by atoms with E-state index in [1.807, 2.05) is 6.92 Å². The van der Waals surface area contributed by atoms with Crippen molar-refractivity contribution in [2.75, 3.05) is 14.2 Å². The van der Waals surface area contributed by atoms with Gasteiger partial charge in [-0.25, -0.2) is 0 Å². The minimum atomic E-state index is -0.870. The normalized spacial score (nSPS) is 11.3. The van der Waals surface area contributed by atoms with Crippen LogP contribution in [0.15, 0.2) is 18.2 Å². The largest absolute Gasteiger partial charge is 0.496 e. The number of carboxylic acids is 1. The summed E-state index contributed by atoms with van der Waals surface area (Å²) in [7, 11) is 3.08. The van der Waals surface area contributed by atoms with Crippen molar-refractivity contribution < 1.29 is 19.4 Å². The topological polar surface area (TPSA) is 55.8 Å². The van der Waals surface area contributed by atoms with Crippen molar-refractivity contribution >= 4 is 23.1 Å². The number of allylic oxidation sites excluding steroid dienone is 1. The molecule has 1 N–H and O–H groups in total. The van der Waals surface area contributed by atoms with Gasteiger partial charge in [-0.1, -0.05) is 24.6 Å². The number of rotatable bonds is 6. The molecule has 19 heavy (non-hydrogen) atoms. The number of carbonyl (C=O) groups is 1. The van der Waals surface area contributed by atoms with Crippen LogP contribution >= 0.6 is 11.6 Å². The highest BCUT2D eigenvalue weighted by atomic mass is 35.5. The zero-order valence-electron chi connectivity index (χ0n) is 11.2. The van der Waals surface area contributed by atoms with Crippen LogP contribution in [-0.4, -0.2) is 25.3 Å². The summed E-state index contributed by atoms with van der Waals surface area (Å²) >= 11 is 6.04. The second-order valence-corrected chi connectivity index (χ2v) is 4.28. The minimum Gasteiger partial charge on any atom is -0.496 e. The van der Waals surface area contributed by atoms with Gasteiger partial charge in [0.25, 0.3) is 0 Å². The number of methoxy groups -OCH3 is 2. The molecule has 0 fully saturated rings. The predicted molar refractivity (Wildman–Crippen MR) is 75.1 cm³/mol. The lowest BCUT2D eigenvalue weighted by Gasteiger charge is -2.14. The SMILES string of the molecule is CC/C(=C\CC(=O)O)c1cc(OC)c(Cl)cc1OC. The Balaban J connectivity index is 3.28. The molecule has 0 bridgehead atoms. The van der Waals surface area contributed by atoms with E-state index in [0.29, 0.717) is 22.9 Å². The Morgan fingerprint density at radius 3 is 2.42 bits per heavy atom. The third kappa shape index (κ3) is 3.89. The first-order valence-corrected chi connectivity index (χ1v) is 6.24. The van der Waals surface area contributed by atoms with Gasteiger partial charge in [-0.15, -0.1) is 0 Å². The molecule has 0 radical (unpaired) electrons. The Morgan fingerprint density at radius 1 is 1.32 bits per heavy atom. The quantitative estimate of drug-likeness (QED) is 0.867. The Labute approximate surface area is 117 Å². The molecular weight excluding hydrogens is 268 g/mol. The van der Waals surface area contributed by atoms with Gasteiger partial charge >= 0.3 is 5.97 Å². The van der Waals surface area contributed by atoms with Crippen LogP contribution in [0.1, 0.15) is 25.3 Å². The fraction of sp³-hybridized carbons (Fsp3) is 0.357. The van der Waals surface area contributed by atoms with Crippen molar-refractivity contribution in [3.8, 4) is 11.5 Å². The molecule has 1 rings (SSSR count). The zero-order chi connectivity index (χ0) is 14.4.